The first-order chi connectivity index (χ1) is 9.65. The van der Waals surface area contributed by atoms with Crippen molar-refractivity contribution in [3.05, 3.63) is 36.9 Å². The van der Waals surface area contributed by atoms with Crippen LogP contribution in [0.2, 0.25) is 0 Å². The molecule has 2 N–H and O–H groups in total. The van der Waals surface area contributed by atoms with Gasteiger partial charge in [0.1, 0.15) is 0 Å². The van der Waals surface area contributed by atoms with Gasteiger partial charge in [0, 0.05) is 11.3 Å². The fourth-order valence-electron chi connectivity index (χ4n) is 1.54. The topological polar surface area (TPSA) is 92.4 Å². The van der Waals surface area contributed by atoms with Gasteiger partial charge in [-0.2, -0.15) is 0 Å². The van der Waals surface area contributed by atoms with Gasteiger partial charge in [-0.1, -0.05) is 12.1 Å². The molecule has 0 saturated carbocycles. The maximum Gasteiger partial charge on any atom is 0.313 e. The summed E-state index contributed by atoms with van der Waals surface area (Å²) >= 11 is 1.05. The molecule has 104 valence electrons. The SMILES string of the molecule is O=C(O)CSCC(=O)Nc1cccc(-c2cnco2)c1. The lowest BCUT2D eigenvalue weighted by Gasteiger charge is -2.05. The zero-order valence-electron chi connectivity index (χ0n) is 10.4. The molecule has 2 aromatic rings. The fraction of sp³-hybridized carbons (Fsp3) is 0.154. The minimum atomic E-state index is -0.935. The largest absolute Gasteiger partial charge is 0.481 e. The highest BCUT2D eigenvalue weighted by atomic mass is 32.2. The standard InChI is InChI=1S/C13H12N2O4S/c16-12(6-20-7-13(17)18)15-10-3-1-2-9(4-10)11-5-14-8-19-11/h1-5,8H,6-7H2,(H,15,16)(H,17,18). The van der Waals surface area contributed by atoms with Gasteiger partial charge in [-0.25, -0.2) is 4.98 Å². The Balaban J connectivity index is 1.94. The summed E-state index contributed by atoms with van der Waals surface area (Å²) in [6, 6.07) is 7.15. The molecule has 6 nitrogen and oxygen atoms in total. The number of carboxylic acid groups (broad SMARTS) is 1. The molecule has 1 heterocycles. The second-order valence-corrected chi connectivity index (χ2v) is 4.87. The van der Waals surface area contributed by atoms with E-state index in [1.165, 1.54) is 6.39 Å². The van der Waals surface area contributed by atoms with Gasteiger partial charge >= 0.3 is 5.97 Å². The maximum absolute atomic E-state index is 11.6. The summed E-state index contributed by atoms with van der Waals surface area (Å²) in [5.74, 6) is -0.563. The highest BCUT2D eigenvalue weighted by Crippen LogP contribution is 2.22. The van der Waals surface area contributed by atoms with Gasteiger partial charge < -0.3 is 14.8 Å². The molecule has 0 atom stereocenters. The summed E-state index contributed by atoms with van der Waals surface area (Å²) < 4.78 is 5.18. The number of aromatic nitrogens is 1. The van der Waals surface area contributed by atoms with Gasteiger partial charge in [-0.05, 0) is 12.1 Å². The zero-order valence-corrected chi connectivity index (χ0v) is 11.2. The molecule has 0 saturated heterocycles. The maximum atomic E-state index is 11.6. The Hall–Kier alpha value is -2.28. The number of nitrogens with zero attached hydrogens (tertiary/aromatic N) is 1. The predicted molar refractivity (Wildman–Crippen MR) is 75.5 cm³/mol. The minimum absolute atomic E-state index is 0.0917. The van der Waals surface area contributed by atoms with E-state index in [2.05, 4.69) is 10.3 Å². The Morgan fingerprint density at radius 3 is 2.90 bits per heavy atom. The van der Waals surface area contributed by atoms with Crippen molar-refractivity contribution in [3.63, 3.8) is 0 Å². The van der Waals surface area contributed by atoms with Gasteiger partial charge in [-0.3, -0.25) is 9.59 Å². The van der Waals surface area contributed by atoms with Crippen molar-refractivity contribution in [2.45, 2.75) is 0 Å². The van der Waals surface area contributed by atoms with Gasteiger partial charge in [0.25, 0.3) is 0 Å². The average Bonchev–Trinajstić information content (AvgIpc) is 2.92. The van der Waals surface area contributed by atoms with E-state index in [1.807, 2.05) is 6.07 Å². The number of hydrogen-bond donors (Lipinski definition) is 2. The van der Waals surface area contributed by atoms with Crippen LogP contribution < -0.4 is 5.32 Å². The first-order valence-electron chi connectivity index (χ1n) is 5.73. The van der Waals surface area contributed by atoms with Crippen molar-refractivity contribution in [3.8, 4) is 11.3 Å². The molecule has 1 aromatic heterocycles. The highest BCUT2D eigenvalue weighted by Gasteiger charge is 2.07. The second-order valence-electron chi connectivity index (χ2n) is 3.88. The first-order valence-corrected chi connectivity index (χ1v) is 6.89. The Morgan fingerprint density at radius 2 is 2.20 bits per heavy atom. The molecule has 0 fully saturated rings. The third-order valence-corrected chi connectivity index (χ3v) is 3.24. The fourth-order valence-corrected chi connectivity index (χ4v) is 2.07. The normalized spacial score (nSPS) is 10.2. The minimum Gasteiger partial charge on any atom is -0.481 e. The summed E-state index contributed by atoms with van der Waals surface area (Å²) in [6.45, 7) is 0. The summed E-state index contributed by atoms with van der Waals surface area (Å²) in [6.07, 6.45) is 2.92. The molecule has 2 rings (SSSR count). The van der Waals surface area contributed by atoms with Crippen molar-refractivity contribution in [1.82, 2.24) is 4.98 Å². The van der Waals surface area contributed by atoms with E-state index in [4.69, 9.17) is 9.52 Å². The lowest BCUT2D eigenvalue weighted by molar-refractivity contribution is -0.133. The number of amides is 1. The summed E-state index contributed by atoms with van der Waals surface area (Å²) in [5.41, 5.74) is 1.43. The van der Waals surface area contributed by atoms with E-state index in [0.717, 1.165) is 17.3 Å². The molecule has 0 aliphatic carbocycles. The van der Waals surface area contributed by atoms with E-state index in [-0.39, 0.29) is 17.4 Å². The third kappa shape index (κ3) is 4.13. The van der Waals surface area contributed by atoms with Crippen LogP contribution in [0.15, 0.2) is 41.3 Å². The number of rotatable bonds is 6. The number of carboxylic acids is 1. The molecule has 1 amide bonds. The monoisotopic (exact) mass is 292 g/mol. The number of oxazole rings is 1. The van der Waals surface area contributed by atoms with Gasteiger partial charge in [0.2, 0.25) is 5.91 Å². The van der Waals surface area contributed by atoms with Crippen LogP contribution in [0.5, 0.6) is 0 Å². The average molecular weight is 292 g/mol. The van der Waals surface area contributed by atoms with Gasteiger partial charge in [0.15, 0.2) is 12.2 Å². The molecule has 20 heavy (non-hydrogen) atoms. The lowest BCUT2D eigenvalue weighted by atomic mass is 10.1. The molecule has 0 aliphatic rings. The van der Waals surface area contributed by atoms with E-state index >= 15 is 0 Å². The van der Waals surface area contributed by atoms with E-state index in [1.54, 1.807) is 24.4 Å². The van der Waals surface area contributed by atoms with Gasteiger partial charge in [-0.15, -0.1) is 11.8 Å². The van der Waals surface area contributed by atoms with Crippen LogP contribution in [-0.4, -0.2) is 33.5 Å². The van der Waals surface area contributed by atoms with Crippen LogP contribution in [0.25, 0.3) is 11.3 Å². The zero-order chi connectivity index (χ0) is 14.4. The number of benzene rings is 1. The van der Waals surface area contributed by atoms with Gasteiger partial charge in [0.05, 0.1) is 17.7 Å². The molecule has 0 bridgehead atoms. The van der Waals surface area contributed by atoms with Crippen molar-refractivity contribution in [2.24, 2.45) is 0 Å². The van der Waals surface area contributed by atoms with Crippen molar-refractivity contribution < 1.29 is 19.1 Å². The summed E-state index contributed by atoms with van der Waals surface area (Å²) in [7, 11) is 0. The molecular weight excluding hydrogens is 280 g/mol. The summed E-state index contributed by atoms with van der Waals surface area (Å²) in [4.78, 5) is 25.8. The quantitative estimate of drug-likeness (QED) is 0.847. The van der Waals surface area contributed by atoms with Crippen LogP contribution >= 0.6 is 11.8 Å². The molecular formula is C13H12N2O4S. The van der Waals surface area contributed by atoms with E-state index in [0.29, 0.717) is 11.4 Å². The van der Waals surface area contributed by atoms with Crippen LogP contribution in [0.1, 0.15) is 0 Å². The number of nitrogens with one attached hydrogen (secondary N) is 1. The Labute approximate surface area is 119 Å². The molecule has 0 aliphatic heterocycles. The lowest BCUT2D eigenvalue weighted by Crippen LogP contribution is -2.15. The number of aliphatic carboxylic acids is 1. The smallest absolute Gasteiger partial charge is 0.313 e. The molecule has 1 aromatic carbocycles. The van der Waals surface area contributed by atoms with E-state index in [9.17, 15) is 9.59 Å². The summed E-state index contributed by atoms with van der Waals surface area (Å²) in [5, 5.41) is 11.2. The van der Waals surface area contributed by atoms with Crippen molar-refractivity contribution in [2.75, 3.05) is 16.8 Å². The second kappa shape index (κ2) is 6.76. The highest BCUT2D eigenvalue weighted by molar-refractivity contribution is 8.00. The number of carbonyl (C=O) groups is 2. The number of carbonyl (C=O) groups excluding carboxylic acids is 1. The van der Waals surface area contributed by atoms with E-state index < -0.39 is 5.97 Å². The van der Waals surface area contributed by atoms with Crippen molar-refractivity contribution >= 4 is 29.3 Å². The van der Waals surface area contributed by atoms with Crippen LogP contribution in [0, 0.1) is 0 Å². The van der Waals surface area contributed by atoms with Crippen LogP contribution in [0.4, 0.5) is 5.69 Å². The van der Waals surface area contributed by atoms with Crippen molar-refractivity contribution in [1.29, 1.82) is 0 Å². The number of thioether (sulfide) groups is 1. The molecule has 0 spiro atoms. The first kappa shape index (κ1) is 14.1. The van der Waals surface area contributed by atoms with Crippen LogP contribution in [0.3, 0.4) is 0 Å². The number of hydrogen-bond acceptors (Lipinski definition) is 5. The molecule has 7 heteroatoms. The number of anilines is 1. The third-order valence-electron chi connectivity index (χ3n) is 2.32. The molecule has 0 unspecified atom stereocenters. The van der Waals surface area contributed by atoms with Crippen LogP contribution in [-0.2, 0) is 9.59 Å². The Bertz CT molecular complexity index is 598. The Morgan fingerprint density at radius 1 is 1.35 bits per heavy atom. The predicted octanol–water partition coefficient (Wildman–Crippen LogP) is 2.10. The molecule has 0 radical (unpaired) electrons. The Kier molecular flexibility index (Phi) is 4.78.